The summed E-state index contributed by atoms with van der Waals surface area (Å²) in [5.41, 5.74) is 6.91. The van der Waals surface area contributed by atoms with E-state index in [1.54, 1.807) is 0 Å². The third kappa shape index (κ3) is 3.49. The second-order valence-electron chi connectivity index (χ2n) is 4.77. The monoisotopic (exact) mass is 268 g/mol. The number of nitrogens with zero attached hydrogens (tertiary/aromatic N) is 1. The van der Waals surface area contributed by atoms with E-state index in [1.807, 2.05) is 18.2 Å². The predicted molar refractivity (Wildman–Crippen MR) is 81.7 cm³/mol. The fourth-order valence-corrected chi connectivity index (χ4v) is 2.34. The molecule has 0 aliphatic rings. The minimum atomic E-state index is 0.594. The van der Waals surface area contributed by atoms with E-state index in [4.69, 9.17) is 15.7 Å². The summed E-state index contributed by atoms with van der Waals surface area (Å²) in [6, 6.07) is 14.6. The standard InChI is InChI=1S/C17H20N2O/c18-11-4-1-5-13-20-17-9-8-14-6-2-3-7-15(14)16(17)10-12-19/h2-3,6-9H,1,4-5,10,12-13,19H2. The van der Waals surface area contributed by atoms with Gasteiger partial charge in [-0.3, -0.25) is 0 Å². The van der Waals surface area contributed by atoms with Gasteiger partial charge >= 0.3 is 0 Å². The molecular formula is C17H20N2O. The summed E-state index contributed by atoms with van der Waals surface area (Å²) in [7, 11) is 0. The molecule has 2 aromatic rings. The third-order valence-corrected chi connectivity index (χ3v) is 3.33. The zero-order valence-corrected chi connectivity index (χ0v) is 11.6. The Labute approximate surface area is 120 Å². The van der Waals surface area contributed by atoms with Gasteiger partial charge in [0, 0.05) is 12.0 Å². The number of ether oxygens (including phenoxy) is 1. The van der Waals surface area contributed by atoms with Crippen LogP contribution in [0, 0.1) is 11.3 Å². The highest BCUT2D eigenvalue weighted by Gasteiger charge is 2.08. The van der Waals surface area contributed by atoms with Crippen molar-refractivity contribution < 1.29 is 4.74 Å². The number of benzene rings is 2. The Hall–Kier alpha value is -2.05. The van der Waals surface area contributed by atoms with E-state index < -0.39 is 0 Å². The number of hydrogen-bond acceptors (Lipinski definition) is 3. The van der Waals surface area contributed by atoms with E-state index in [2.05, 4.69) is 24.3 Å². The van der Waals surface area contributed by atoms with Gasteiger partial charge in [0.2, 0.25) is 0 Å². The molecule has 2 rings (SSSR count). The van der Waals surface area contributed by atoms with Gasteiger partial charge in [0.05, 0.1) is 12.7 Å². The molecule has 0 saturated heterocycles. The minimum Gasteiger partial charge on any atom is -0.493 e. The molecule has 3 nitrogen and oxygen atoms in total. The van der Waals surface area contributed by atoms with Gasteiger partial charge in [-0.2, -0.15) is 5.26 Å². The van der Waals surface area contributed by atoms with Gasteiger partial charge in [-0.1, -0.05) is 30.3 Å². The number of rotatable bonds is 7. The Balaban J connectivity index is 2.15. The van der Waals surface area contributed by atoms with Gasteiger partial charge in [-0.15, -0.1) is 0 Å². The molecule has 0 aromatic heterocycles. The van der Waals surface area contributed by atoms with Crippen LogP contribution in [0.1, 0.15) is 24.8 Å². The lowest BCUT2D eigenvalue weighted by Crippen LogP contribution is -2.07. The van der Waals surface area contributed by atoms with E-state index in [1.165, 1.54) is 16.3 Å². The van der Waals surface area contributed by atoms with E-state index in [0.29, 0.717) is 19.6 Å². The maximum atomic E-state index is 8.51. The van der Waals surface area contributed by atoms with E-state index in [9.17, 15) is 0 Å². The first-order valence-corrected chi connectivity index (χ1v) is 7.07. The first-order valence-electron chi connectivity index (χ1n) is 7.07. The highest BCUT2D eigenvalue weighted by Crippen LogP contribution is 2.28. The lowest BCUT2D eigenvalue weighted by molar-refractivity contribution is 0.305. The Bertz CT molecular complexity index is 601. The van der Waals surface area contributed by atoms with Gasteiger partial charge in [0.15, 0.2) is 0 Å². The molecule has 104 valence electrons. The molecule has 0 bridgehead atoms. The van der Waals surface area contributed by atoms with Gasteiger partial charge < -0.3 is 10.5 Å². The van der Waals surface area contributed by atoms with Crippen LogP contribution in [0.25, 0.3) is 10.8 Å². The van der Waals surface area contributed by atoms with Crippen LogP contribution in [-0.4, -0.2) is 13.2 Å². The molecule has 0 radical (unpaired) electrons. The zero-order chi connectivity index (χ0) is 14.2. The molecule has 0 saturated carbocycles. The highest BCUT2D eigenvalue weighted by molar-refractivity contribution is 5.87. The Morgan fingerprint density at radius 2 is 1.95 bits per heavy atom. The van der Waals surface area contributed by atoms with Crippen LogP contribution in [-0.2, 0) is 6.42 Å². The van der Waals surface area contributed by atoms with Crippen molar-refractivity contribution in [2.75, 3.05) is 13.2 Å². The van der Waals surface area contributed by atoms with Crippen molar-refractivity contribution in [1.82, 2.24) is 0 Å². The molecule has 0 heterocycles. The molecule has 3 heteroatoms. The molecule has 0 unspecified atom stereocenters. The lowest BCUT2D eigenvalue weighted by Gasteiger charge is -2.13. The van der Waals surface area contributed by atoms with E-state index >= 15 is 0 Å². The van der Waals surface area contributed by atoms with Crippen LogP contribution in [0.2, 0.25) is 0 Å². The number of unbranched alkanes of at least 4 members (excludes halogenated alkanes) is 2. The molecule has 0 aliphatic heterocycles. The van der Waals surface area contributed by atoms with Gasteiger partial charge in [-0.05, 0) is 42.6 Å². The van der Waals surface area contributed by atoms with Crippen LogP contribution in [0.15, 0.2) is 36.4 Å². The summed E-state index contributed by atoms with van der Waals surface area (Å²) < 4.78 is 5.88. The van der Waals surface area contributed by atoms with Crippen LogP contribution in [0.3, 0.4) is 0 Å². The lowest BCUT2D eigenvalue weighted by atomic mass is 10.0. The molecule has 0 amide bonds. The van der Waals surface area contributed by atoms with Crippen molar-refractivity contribution in [3.8, 4) is 11.8 Å². The second-order valence-corrected chi connectivity index (χ2v) is 4.77. The average molecular weight is 268 g/mol. The summed E-state index contributed by atoms with van der Waals surface area (Å²) in [6.07, 6.45) is 3.20. The van der Waals surface area contributed by atoms with Crippen molar-refractivity contribution in [2.45, 2.75) is 25.7 Å². The minimum absolute atomic E-state index is 0.594. The first kappa shape index (κ1) is 14.4. The van der Waals surface area contributed by atoms with Crippen LogP contribution >= 0.6 is 0 Å². The summed E-state index contributed by atoms with van der Waals surface area (Å²) in [4.78, 5) is 0. The summed E-state index contributed by atoms with van der Waals surface area (Å²) in [5, 5.41) is 10.9. The maximum Gasteiger partial charge on any atom is 0.123 e. The number of nitrogens with two attached hydrogens (primary N) is 1. The fourth-order valence-electron chi connectivity index (χ4n) is 2.34. The quantitative estimate of drug-likeness (QED) is 0.783. The van der Waals surface area contributed by atoms with Crippen LogP contribution < -0.4 is 10.5 Å². The Morgan fingerprint density at radius 1 is 1.10 bits per heavy atom. The largest absolute Gasteiger partial charge is 0.493 e. The fraction of sp³-hybridized carbons (Fsp3) is 0.353. The maximum absolute atomic E-state index is 8.51. The number of nitriles is 1. The SMILES string of the molecule is N#CCCCCOc1ccc2ccccc2c1CCN. The summed E-state index contributed by atoms with van der Waals surface area (Å²) in [6.45, 7) is 1.26. The van der Waals surface area contributed by atoms with Crippen molar-refractivity contribution in [1.29, 1.82) is 5.26 Å². The smallest absolute Gasteiger partial charge is 0.123 e. The first-order chi connectivity index (χ1) is 9.86. The number of hydrogen-bond donors (Lipinski definition) is 1. The van der Waals surface area contributed by atoms with Crippen molar-refractivity contribution >= 4 is 10.8 Å². The van der Waals surface area contributed by atoms with Crippen molar-refractivity contribution in [2.24, 2.45) is 5.73 Å². The molecule has 0 spiro atoms. The van der Waals surface area contributed by atoms with Gasteiger partial charge in [0.1, 0.15) is 5.75 Å². The second kappa shape index (κ2) is 7.52. The van der Waals surface area contributed by atoms with Crippen molar-refractivity contribution in [3.63, 3.8) is 0 Å². The predicted octanol–water partition coefficient (Wildman–Crippen LogP) is 3.41. The normalized spacial score (nSPS) is 10.4. The van der Waals surface area contributed by atoms with E-state index in [-0.39, 0.29) is 0 Å². The van der Waals surface area contributed by atoms with Gasteiger partial charge in [0.25, 0.3) is 0 Å². The zero-order valence-electron chi connectivity index (χ0n) is 11.6. The highest BCUT2D eigenvalue weighted by atomic mass is 16.5. The summed E-state index contributed by atoms with van der Waals surface area (Å²) >= 11 is 0. The van der Waals surface area contributed by atoms with Crippen LogP contribution in [0.5, 0.6) is 5.75 Å². The number of fused-ring (bicyclic) bond motifs is 1. The molecule has 0 atom stereocenters. The Morgan fingerprint density at radius 3 is 2.75 bits per heavy atom. The van der Waals surface area contributed by atoms with Crippen LogP contribution in [0.4, 0.5) is 0 Å². The topological polar surface area (TPSA) is 59.0 Å². The van der Waals surface area contributed by atoms with Crippen molar-refractivity contribution in [3.05, 3.63) is 42.0 Å². The Kier molecular flexibility index (Phi) is 5.40. The molecule has 20 heavy (non-hydrogen) atoms. The molecule has 2 aromatic carbocycles. The van der Waals surface area contributed by atoms with Gasteiger partial charge in [-0.25, -0.2) is 0 Å². The molecule has 0 fully saturated rings. The summed E-state index contributed by atoms with van der Waals surface area (Å²) in [5.74, 6) is 0.922. The molecular weight excluding hydrogens is 248 g/mol. The third-order valence-electron chi connectivity index (χ3n) is 3.33. The molecule has 2 N–H and O–H groups in total. The average Bonchev–Trinajstić information content (AvgIpc) is 2.49. The van der Waals surface area contributed by atoms with E-state index in [0.717, 1.165) is 25.0 Å². The molecule has 0 aliphatic carbocycles.